The third kappa shape index (κ3) is 3.15. The van der Waals surface area contributed by atoms with Gasteiger partial charge in [0.15, 0.2) is 5.82 Å². The molecule has 0 bridgehead atoms. The first-order valence-electron chi connectivity index (χ1n) is 10.5. The van der Waals surface area contributed by atoms with Crippen molar-refractivity contribution in [3.05, 3.63) is 65.4 Å². The number of fused-ring (bicyclic) bond motifs is 2. The lowest BCUT2D eigenvalue weighted by Gasteiger charge is -2.38. The number of anilines is 1. The van der Waals surface area contributed by atoms with Gasteiger partial charge in [-0.05, 0) is 69.4 Å². The zero-order chi connectivity index (χ0) is 21.0. The van der Waals surface area contributed by atoms with Crippen LogP contribution < -0.4 is 5.32 Å². The first kappa shape index (κ1) is 18.8. The van der Waals surface area contributed by atoms with Crippen LogP contribution in [0.15, 0.2) is 48.7 Å². The molecule has 0 spiro atoms. The Kier molecular flexibility index (Phi) is 4.17. The van der Waals surface area contributed by atoms with E-state index in [1.54, 1.807) is 0 Å². The van der Waals surface area contributed by atoms with Gasteiger partial charge in [-0.25, -0.2) is 4.98 Å². The maximum atomic E-state index is 4.81. The molecule has 152 valence electrons. The molecular weight excluding hydrogens is 370 g/mol. The van der Waals surface area contributed by atoms with Gasteiger partial charge in [-0.2, -0.15) is 9.50 Å². The van der Waals surface area contributed by atoms with Gasteiger partial charge >= 0.3 is 0 Å². The third-order valence-electron chi connectivity index (χ3n) is 6.04. The third-order valence-corrected chi connectivity index (χ3v) is 6.04. The number of nitrogens with zero attached hydrogens (tertiary/aromatic N) is 4. The maximum absolute atomic E-state index is 4.81. The van der Waals surface area contributed by atoms with E-state index in [0.717, 1.165) is 17.7 Å². The zero-order valence-corrected chi connectivity index (χ0v) is 18.2. The van der Waals surface area contributed by atoms with Crippen molar-refractivity contribution in [2.75, 3.05) is 5.32 Å². The van der Waals surface area contributed by atoms with Crippen LogP contribution in [-0.2, 0) is 0 Å². The van der Waals surface area contributed by atoms with Crippen molar-refractivity contribution in [2.45, 2.75) is 52.5 Å². The molecule has 30 heavy (non-hydrogen) atoms. The maximum Gasteiger partial charge on any atom is 0.253 e. The highest BCUT2D eigenvalue weighted by molar-refractivity contribution is 5.73. The number of hydrogen-bond donors (Lipinski definition) is 1. The molecule has 1 unspecified atom stereocenters. The number of aryl methyl sites for hydroxylation is 2. The van der Waals surface area contributed by atoms with Gasteiger partial charge in [0.05, 0.1) is 5.69 Å². The highest BCUT2D eigenvalue weighted by atomic mass is 15.3. The number of benzene rings is 2. The van der Waals surface area contributed by atoms with Gasteiger partial charge in [0.2, 0.25) is 0 Å². The van der Waals surface area contributed by atoms with Crippen molar-refractivity contribution in [1.29, 1.82) is 0 Å². The Balaban J connectivity index is 1.65. The van der Waals surface area contributed by atoms with Crippen LogP contribution in [0, 0.1) is 13.8 Å². The summed E-state index contributed by atoms with van der Waals surface area (Å²) in [6.45, 7) is 11.1. The molecule has 1 aliphatic heterocycles. The molecule has 5 rings (SSSR count). The number of hydrogen-bond acceptors (Lipinski definition) is 4. The molecule has 0 amide bonds. The smallest absolute Gasteiger partial charge is 0.253 e. The summed E-state index contributed by atoms with van der Waals surface area (Å²) in [4.78, 5) is 9.14. The molecule has 0 fully saturated rings. The molecular formula is C25H27N5. The van der Waals surface area contributed by atoms with E-state index < -0.39 is 0 Å². The molecule has 1 N–H and O–H groups in total. The van der Waals surface area contributed by atoms with Gasteiger partial charge in [-0.15, -0.1) is 5.10 Å². The summed E-state index contributed by atoms with van der Waals surface area (Å²) in [6.07, 6.45) is 2.93. The van der Waals surface area contributed by atoms with E-state index in [9.17, 15) is 0 Å². The predicted octanol–water partition coefficient (Wildman–Crippen LogP) is 5.77. The molecule has 5 heteroatoms. The lowest BCUT2D eigenvalue weighted by molar-refractivity contribution is 0.454. The average Bonchev–Trinajstić information content (AvgIpc) is 3.11. The second-order valence-electron chi connectivity index (χ2n) is 9.21. The van der Waals surface area contributed by atoms with Crippen LogP contribution in [0.5, 0.6) is 0 Å². The van der Waals surface area contributed by atoms with E-state index >= 15 is 0 Å². The van der Waals surface area contributed by atoms with Crippen LogP contribution >= 0.6 is 0 Å². The zero-order valence-electron chi connectivity index (χ0n) is 18.2. The van der Waals surface area contributed by atoms with Gasteiger partial charge in [0.25, 0.3) is 5.78 Å². The molecule has 4 aromatic rings. The Morgan fingerprint density at radius 1 is 1.07 bits per heavy atom. The van der Waals surface area contributed by atoms with Gasteiger partial charge < -0.3 is 5.32 Å². The Morgan fingerprint density at radius 2 is 1.83 bits per heavy atom. The Morgan fingerprint density at radius 3 is 2.60 bits per heavy atom. The summed E-state index contributed by atoms with van der Waals surface area (Å²) in [5.41, 5.74) is 8.34. The Bertz CT molecular complexity index is 1250. The highest BCUT2D eigenvalue weighted by Crippen LogP contribution is 2.41. The van der Waals surface area contributed by atoms with Crippen molar-refractivity contribution < 1.29 is 0 Å². The monoisotopic (exact) mass is 397 g/mol. The second kappa shape index (κ2) is 6.66. The van der Waals surface area contributed by atoms with Crippen molar-refractivity contribution in [3.8, 4) is 22.6 Å². The summed E-state index contributed by atoms with van der Waals surface area (Å²) >= 11 is 0. The second-order valence-corrected chi connectivity index (χ2v) is 9.21. The fourth-order valence-electron chi connectivity index (χ4n) is 4.63. The lowest BCUT2D eigenvalue weighted by Crippen LogP contribution is -2.36. The van der Waals surface area contributed by atoms with Crippen LogP contribution in [0.4, 0.5) is 5.69 Å². The topological polar surface area (TPSA) is 55.1 Å². The van der Waals surface area contributed by atoms with Crippen molar-refractivity contribution in [3.63, 3.8) is 0 Å². The van der Waals surface area contributed by atoms with E-state index in [4.69, 9.17) is 5.10 Å². The van der Waals surface area contributed by atoms with Crippen molar-refractivity contribution in [1.82, 2.24) is 19.6 Å². The van der Waals surface area contributed by atoms with E-state index in [0.29, 0.717) is 17.5 Å². The van der Waals surface area contributed by atoms with Crippen molar-refractivity contribution >= 4 is 11.5 Å². The normalized spacial score (nSPS) is 17.6. The summed E-state index contributed by atoms with van der Waals surface area (Å²) in [7, 11) is 0. The molecule has 0 aliphatic carbocycles. The molecule has 1 atom stereocenters. The fourth-order valence-corrected chi connectivity index (χ4v) is 4.63. The summed E-state index contributed by atoms with van der Waals surface area (Å²) < 4.78 is 1.87. The van der Waals surface area contributed by atoms with Crippen molar-refractivity contribution in [2.24, 2.45) is 0 Å². The molecule has 0 radical (unpaired) electrons. The van der Waals surface area contributed by atoms with E-state index in [1.165, 1.54) is 27.9 Å². The van der Waals surface area contributed by atoms with Crippen LogP contribution in [-0.4, -0.2) is 25.1 Å². The standard InChI is InChI=1S/C25H27N5/c1-15-6-8-18(9-7-15)23-27-24-26-11-10-22(30(24)29-23)20-13-19-17(3)14-25(4,5)28-21(19)12-16(20)2/h6-13,17,28H,14H2,1-5H3. The van der Waals surface area contributed by atoms with E-state index in [2.05, 4.69) is 86.3 Å². The molecule has 1 aliphatic rings. The Hall–Kier alpha value is -3.21. The first-order valence-corrected chi connectivity index (χ1v) is 10.5. The molecule has 2 aromatic heterocycles. The largest absolute Gasteiger partial charge is 0.380 e. The minimum atomic E-state index is 0.110. The van der Waals surface area contributed by atoms with E-state index in [1.807, 2.05) is 16.8 Å². The predicted molar refractivity (Wildman–Crippen MR) is 122 cm³/mol. The van der Waals surface area contributed by atoms with Crippen LogP contribution in [0.3, 0.4) is 0 Å². The van der Waals surface area contributed by atoms with Gasteiger partial charge in [-0.1, -0.05) is 36.8 Å². The van der Waals surface area contributed by atoms with Crippen LogP contribution in [0.1, 0.15) is 49.8 Å². The minimum Gasteiger partial charge on any atom is -0.380 e. The van der Waals surface area contributed by atoms with Crippen LogP contribution in [0.2, 0.25) is 0 Å². The van der Waals surface area contributed by atoms with Gasteiger partial charge in [0, 0.05) is 28.6 Å². The SMILES string of the molecule is Cc1ccc(-c2nc3nccc(-c4cc5c(cc4C)NC(C)(C)CC5C)n3n2)cc1. The quantitative estimate of drug-likeness (QED) is 0.466. The summed E-state index contributed by atoms with van der Waals surface area (Å²) in [5.74, 6) is 1.81. The van der Waals surface area contributed by atoms with E-state index in [-0.39, 0.29) is 5.54 Å². The molecule has 0 saturated carbocycles. The highest BCUT2D eigenvalue weighted by Gasteiger charge is 2.30. The molecule has 0 saturated heterocycles. The molecule has 3 heterocycles. The van der Waals surface area contributed by atoms with Gasteiger partial charge in [0.1, 0.15) is 0 Å². The number of aromatic nitrogens is 4. The minimum absolute atomic E-state index is 0.110. The fraction of sp³-hybridized carbons (Fsp3) is 0.320. The first-order chi connectivity index (χ1) is 14.3. The lowest BCUT2D eigenvalue weighted by atomic mass is 9.80. The average molecular weight is 398 g/mol. The summed E-state index contributed by atoms with van der Waals surface area (Å²) in [6, 6.07) is 14.9. The Labute approximate surface area is 177 Å². The summed E-state index contributed by atoms with van der Waals surface area (Å²) in [5, 5.41) is 8.52. The molecule has 5 nitrogen and oxygen atoms in total. The molecule has 2 aromatic carbocycles. The van der Waals surface area contributed by atoms with Gasteiger partial charge in [-0.3, -0.25) is 0 Å². The van der Waals surface area contributed by atoms with Crippen LogP contribution in [0.25, 0.3) is 28.4 Å². The number of rotatable bonds is 2. The number of nitrogens with one attached hydrogen (secondary N) is 1.